The molecule has 584 valence electrons. The van der Waals surface area contributed by atoms with Crippen molar-refractivity contribution < 1.29 is 229 Å². The highest BCUT2D eigenvalue weighted by Crippen LogP contribution is 2.39. The summed E-state index contributed by atoms with van der Waals surface area (Å²) in [6.07, 6.45) is -88.8. The molecule has 0 bridgehead atoms. The summed E-state index contributed by atoms with van der Waals surface area (Å²) in [7, 11) is 0. The molecule has 0 aromatic heterocycles. The quantitative estimate of drug-likeness (QED) is 0.0404. The molecule has 0 spiro atoms. The highest BCUT2D eigenvalue weighted by molar-refractivity contribution is 5.02. The van der Waals surface area contributed by atoms with Gasteiger partial charge in [0.05, 0.1) is 59.5 Å². The summed E-state index contributed by atoms with van der Waals surface area (Å²) in [4.78, 5) is 0. The maximum absolute atomic E-state index is 11.5. The molecule has 1 unspecified atom stereocenters. The minimum absolute atomic E-state index is 0.756. The molecule has 45 atom stereocenters. The Morgan fingerprint density at radius 2 is 0.350 bits per heavy atom. The van der Waals surface area contributed by atoms with Gasteiger partial charge < -0.3 is 229 Å². The Morgan fingerprint density at radius 3 is 0.600 bits per heavy atom. The average molecular weight is 1480 g/mol. The Labute approximate surface area is 563 Å². The van der Waals surface area contributed by atoms with Crippen LogP contribution in [0.1, 0.15) is 0 Å². The van der Waals surface area contributed by atoms with E-state index in [-0.39, 0.29) is 0 Å². The van der Waals surface area contributed by atoms with Gasteiger partial charge in [-0.2, -0.15) is 0 Å². The van der Waals surface area contributed by atoms with Crippen molar-refractivity contribution in [1.82, 2.24) is 0 Å². The topological polar surface area (TPSA) is 744 Å². The van der Waals surface area contributed by atoms with Gasteiger partial charge in [0.2, 0.25) is 0 Å². The molecule has 0 radical (unpaired) electrons. The highest BCUT2D eigenvalue weighted by Gasteiger charge is 2.59. The van der Waals surface area contributed by atoms with Gasteiger partial charge >= 0.3 is 0 Å². The fourth-order valence-corrected chi connectivity index (χ4v) is 12.8. The second-order valence-corrected chi connectivity index (χ2v) is 25.3. The Kier molecular flexibility index (Phi) is 29.2. The van der Waals surface area contributed by atoms with Crippen molar-refractivity contribution in [2.45, 2.75) is 276 Å². The molecule has 9 aliphatic rings. The summed E-state index contributed by atoms with van der Waals surface area (Å²) in [6.45, 7) is -8.81. The number of aliphatic hydroxyl groups is 29. The SMILES string of the molecule is OC[C@H]1O[C@H](OC[C@H]2O[C@H](OC[C@H]3O[C@H](O[C@H]4[C@H](O)[C@@H](O)[C@@H](O[C@H]5[C@H](O)[C@@H](O)[C@@H](O[C@H]6[C@H](O)[C@@H](O)[C@@H](O[C@H]7[C@H](O)[C@@H](O)[C@@H](O[C@H]8[C@H](O)[C@@H](O)[C@@H](O[C@H]9[C@H](O)[C@@H](O)C(O)O[C@@H]9CO)O[C@@H]8CO)O[C@@H]7CO)O[C@@H]6CO)O[C@@H]5CO)O[C@@H]4CO)[C@H](O)[C@@H](O)[C@@H]3O)[C@H](O)[C@@H](O)[C@@H]2O)[C@H](O)[C@@H](O)[C@@H]1O. The summed E-state index contributed by atoms with van der Waals surface area (Å²) in [5.41, 5.74) is 0. The largest absolute Gasteiger partial charge is 0.394 e. The summed E-state index contributed by atoms with van der Waals surface area (Å²) < 4.78 is 94.6. The van der Waals surface area contributed by atoms with E-state index < -0.39 is 336 Å². The Balaban J connectivity index is 0.769. The van der Waals surface area contributed by atoms with Crippen LogP contribution in [0.25, 0.3) is 0 Å². The zero-order valence-electron chi connectivity index (χ0n) is 52.3. The molecule has 0 saturated carbocycles. The molecule has 0 aromatic carbocycles. The van der Waals surface area contributed by atoms with E-state index in [1.165, 1.54) is 0 Å². The Bertz CT molecular complexity index is 2450. The molecule has 29 N–H and O–H groups in total. The third-order valence-corrected chi connectivity index (χ3v) is 18.7. The van der Waals surface area contributed by atoms with Crippen LogP contribution >= 0.6 is 0 Å². The van der Waals surface area contributed by atoms with E-state index in [9.17, 15) is 148 Å². The number of hydrogen-bond donors (Lipinski definition) is 29. The lowest BCUT2D eigenvalue weighted by atomic mass is 9.95. The van der Waals surface area contributed by atoms with Gasteiger partial charge in [-0.05, 0) is 0 Å². The van der Waals surface area contributed by atoms with Crippen molar-refractivity contribution in [3.05, 3.63) is 0 Å². The molecule has 100 heavy (non-hydrogen) atoms. The van der Waals surface area contributed by atoms with Gasteiger partial charge in [-0.25, -0.2) is 0 Å². The van der Waals surface area contributed by atoms with E-state index in [4.69, 9.17) is 80.5 Å². The molecular weight excluding hydrogens is 1380 g/mol. The molecule has 0 amide bonds. The zero-order valence-corrected chi connectivity index (χ0v) is 52.3. The van der Waals surface area contributed by atoms with Crippen molar-refractivity contribution in [2.75, 3.05) is 59.5 Å². The lowest BCUT2D eigenvalue weighted by Crippen LogP contribution is -2.68. The van der Waals surface area contributed by atoms with Crippen LogP contribution in [0.3, 0.4) is 0 Å². The van der Waals surface area contributed by atoms with E-state index >= 15 is 0 Å². The molecule has 46 nitrogen and oxygen atoms in total. The molecule has 9 rings (SSSR count). The normalized spacial score (nSPS) is 53.7. The predicted octanol–water partition coefficient (Wildman–Crippen LogP) is -20.6. The van der Waals surface area contributed by atoms with Gasteiger partial charge in [0.15, 0.2) is 56.6 Å². The third-order valence-electron chi connectivity index (χ3n) is 18.7. The molecular formula is C54H92O46. The van der Waals surface area contributed by atoms with Gasteiger partial charge in [0.1, 0.15) is 220 Å². The van der Waals surface area contributed by atoms with Crippen molar-refractivity contribution >= 4 is 0 Å². The van der Waals surface area contributed by atoms with Crippen LogP contribution in [0.15, 0.2) is 0 Å². The fraction of sp³-hybridized carbons (Fsp3) is 1.00. The van der Waals surface area contributed by atoms with Crippen molar-refractivity contribution in [2.24, 2.45) is 0 Å². The van der Waals surface area contributed by atoms with E-state index in [0.717, 1.165) is 0 Å². The molecule has 0 aliphatic carbocycles. The van der Waals surface area contributed by atoms with Crippen LogP contribution in [0.2, 0.25) is 0 Å². The van der Waals surface area contributed by atoms with Crippen molar-refractivity contribution in [3.63, 3.8) is 0 Å². The number of ether oxygens (including phenoxy) is 17. The van der Waals surface area contributed by atoms with Crippen LogP contribution in [0.5, 0.6) is 0 Å². The van der Waals surface area contributed by atoms with Gasteiger partial charge in [0.25, 0.3) is 0 Å². The van der Waals surface area contributed by atoms with E-state index in [0.29, 0.717) is 0 Å². The minimum atomic E-state index is -2.30. The van der Waals surface area contributed by atoms with Gasteiger partial charge in [-0.15, -0.1) is 0 Å². The Morgan fingerprint density at radius 1 is 0.170 bits per heavy atom. The second kappa shape index (κ2) is 35.5. The first kappa shape index (κ1) is 82.2. The zero-order chi connectivity index (χ0) is 73.4. The van der Waals surface area contributed by atoms with Gasteiger partial charge in [-0.3, -0.25) is 0 Å². The number of rotatable bonds is 25. The molecule has 9 heterocycles. The van der Waals surface area contributed by atoms with Crippen molar-refractivity contribution in [1.29, 1.82) is 0 Å². The smallest absolute Gasteiger partial charge is 0.187 e. The monoisotopic (exact) mass is 1480 g/mol. The first-order valence-electron chi connectivity index (χ1n) is 31.7. The Hall–Kier alpha value is -1.84. The summed E-state index contributed by atoms with van der Waals surface area (Å²) >= 11 is 0. The number of aliphatic hydroxyl groups excluding tert-OH is 29. The van der Waals surface area contributed by atoms with E-state index in [1.807, 2.05) is 0 Å². The van der Waals surface area contributed by atoms with Crippen LogP contribution in [-0.2, 0) is 80.5 Å². The first-order chi connectivity index (χ1) is 47.4. The second-order valence-electron chi connectivity index (χ2n) is 25.3. The molecule has 0 aromatic rings. The lowest BCUT2D eigenvalue weighted by Gasteiger charge is -2.50. The van der Waals surface area contributed by atoms with E-state index in [2.05, 4.69) is 0 Å². The molecule has 9 fully saturated rings. The van der Waals surface area contributed by atoms with Crippen LogP contribution in [0.4, 0.5) is 0 Å². The predicted molar refractivity (Wildman–Crippen MR) is 297 cm³/mol. The average Bonchev–Trinajstić information content (AvgIpc) is 0.784. The highest BCUT2D eigenvalue weighted by atomic mass is 16.8. The lowest BCUT2D eigenvalue weighted by molar-refractivity contribution is -0.398. The van der Waals surface area contributed by atoms with E-state index in [1.54, 1.807) is 0 Å². The molecule has 9 saturated heterocycles. The standard InChI is InChI=1S/C54H92O46/c55-1-10-19(62)22(65)32(75)47(87-10)84-8-17-20(63)23(66)33(76)48(93-17)85-9-18-21(64)24(67)34(77)49(94-18)96-41-12(3-57)89-51(36(79)26(41)69)98-43-14(5-59)91-53(38(81)28(43)71)100-45-16(7-61)92-54(39(82)30(45)73)99-44-15(6-60)90-52(37(80)29(44)72)97-42-13(4-58)88-50(35(78)27(42)70)95-40-11(2-56)86-46(83)31(74)25(40)68/h10-83H,1-9H2/t10-,11-,12-,13-,14-,15-,16-,17-,18-,19-,20-,21-,22+,23+,24+,25-,26-,27-,28-,29-,30-,31-,32-,33-,34-,35-,36-,37-,38-,39-,40-,41-,42-,43-,44-,45-,46?,47+,48+,49-,50-,51-,52-,53-,54-/m1/s1. The van der Waals surface area contributed by atoms with Crippen LogP contribution in [-0.4, -0.2) is 484 Å². The summed E-state index contributed by atoms with van der Waals surface area (Å²) in [6, 6.07) is 0. The summed E-state index contributed by atoms with van der Waals surface area (Å²) in [5, 5.41) is 310. The third kappa shape index (κ3) is 17.0. The first-order valence-corrected chi connectivity index (χ1v) is 31.7. The minimum Gasteiger partial charge on any atom is -0.394 e. The van der Waals surface area contributed by atoms with Gasteiger partial charge in [0, 0.05) is 0 Å². The van der Waals surface area contributed by atoms with Crippen LogP contribution < -0.4 is 0 Å². The van der Waals surface area contributed by atoms with Gasteiger partial charge in [-0.1, -0.05) is 0 Å². The molecule has 9 aliphatic heterocycles. The summed E-state index contributed by atoms with van der Waals surface area (Å²) in [5.74, 6) is 0. The van der Waals surface area contributed by atoms with Crippen molar-refractivity contribution in [3.8, 4) is 0 Å². The van der Waals surface area contributed by atoms with Crippen LogP contribution in [0, 0.1) is 0 Å². The maximum atomic E-state index is 11.5. The molecule has 46 heteroatoms. The fourth-order valence-electron chi connectivity index (χ4n) is 12.8. The number of hydrogen-bond acceptors (Lipinski definition) is 46. The maximum Gasteiger partial charge on any atom is 0.187 e.